The van der Waals surface area contributed by atoms with Crippen LogP contribution in [0, 0.1) is 0 Å². The Morgan fingerprint density at radius 1 is 1.20 bits per heavy atom. The Bertz CT molecular complexity index is 802. The summed E-state index contributed by atoms with van der Waals surface area (Å²) in [7, 11) is 0. The molecule has 0 saturated carbocycles. The number of anilines is 1. The molecule has 4 rings (SSSR count). The first-order valence-corrected chi connectivity index (χ1v) is 10.0. The van der Waals surface area contributed by atoms with Gasteiger partial charge in [0.15, 0.2) is 10.9 Å². The SMILES string of the molecule is O=C1CCCC(c2ccc(Cl)c(Cl)c2)c2nc(N3CCOCC3)sc21. The smallest absolute Gasteiger partial charge is 0.186 e. The number of ketones is 1. The van der Waals surface area contributed by atoms with Gasteiger partial charge in [0.2, 0.25) is 0 Å². The van der Waals surface area contributed by atoms with Crippen LogP contribution in [0.1, 0.15) is 46.1 Å². The van der Waals surface area contributed by atoms with E-state index in [1.807, 2.05) is 18.2 Å². The zero-order valence-corrected chi connectivity index (χ0v) is 16.0. The van der Waals surface area contributed by atoms with Gasteiger partial charge in [-0.15, -0.1) is 0 Å². The van der Waals surface area contributed by atoms with Crippen LogP contribution in [0.4, 0.5) is 5.13 Å². The predicted octanol–water partition coefficient (Wildman–Crippen LogP) is 4.79. The van der Waals surface area contributed by atoms with Crippen molar-refractivity contribution in [2.24, 2.45) is 0 Å². The molecular weight excluding hydrogens is 379 g/mol. The minimum atomic E-state index is 0.0854. The molecule has 1 aromatic heterocycles. The minimum Gasteiger partial charge on any atom is -0.378 e. The van der Waals surface area contributed by atoms with Gasteiger partial charge >= 0.3 is 0 Å². The highest BCUT2D eigenvalue weighted by molar-refractivity contribution is 7.17. The maximum atomic E-state index is 12.6. The lowest BCUT2D eigenvalue weighted by molar-refractivity contribution is 0.0985. The van der Waals surface area contributed by atoms with Gasteiger partial charge < -0.3 is 9.64 Å². The van der Waals surface area contributed by atoms with E-state index in [9.17, 15) is 4.79 Å². The number of ether oxygens (including phenoxy) is 1. The molecule has 0 bridgehead atoms. The van der Waals surface area contributed by atoms with Gasteiger partial charge in [-0.3, -0.25) is 4.79 Å². The summed E-state index contributed by atoms with van der Waals surface area (Å²) in [4.78, 5) is 20.5. The van der Waals surface area contributed by atoms with E-state index in [4.69, 9.17) is 32.9 Å². The van der Waals surface area contributed by atoms with Crippen molar-refractivity contribution in [1.29, 1.82) is 0 Å². The Hall–Kier alpha value is -1.14. The fraction of sp³-hybridized carbons (Fsp3) is 0.444. The molecule has 0 radical (unpaired) electrons. The molecule has 1 unspecified atom stereocenters. The Labute approximate surface area is 160 Å². The first kappa shape index (κ1) is 17.3. The van der Waals surface area contributed by atoms with Crippen LogP contribution in [0.5, 0.6) is 0 Å². The van der Waals surface area contributed by atoms with E-state index in [-0.39, 0.29) is 11.7 Å². The quantitative estimate of drug-likeness (QED) is 0.684. The molecule has 2 heterocycles. The van der Waals surface area contributed by atoms with Crippen LogP contribution in [0.2, 0.25) is 10.0 Å². The van der Waals surface area contributed by atoms with Gasteiger partial charge in [0.1, 0.15) is 0 Å². The largest absolute Gasteiger partial charge is 0.378 e. The van der Waals surface area contributed by atoms with E-state index >= 15 is 0 Å². The number of rotatable bonds is 2. The molecular formula is C18H18Cl2N2O2S. The van der Waals surface area contributed by atoms with Crippen LogP contribution in [0.15, 0.2) is 18.2 Å². The van der Waals surface area contributed by atoms with Crippen molar-refractivity contribution in [2.75, 3.05) is 31.2 Å². The molecule has 1 aromatic carbocycles. The zero-order valence-electron chi connectivity index (χ0n) is 13.6. The summed E-state index contributed by atoms with van der Waals surface area (Å²) < 4.78 is 5.42. The molecule has 1 atom stereocenters. The van der Waals surface area contributed by atoms with Crippen molar-refractivity contribution in [1.82, 2.24) is 4.98 Å². The fourth-order valence-corrected chi connectivity index (χ4v) is 4.87. The van der Waals surface area contributed by atoms with Crippen LogP contribution >= 0.6 is 34.5 Å². The third kappa shape index (κ3) is 3.43. The standard InChI is InChI=1S/C18H18Cl2N2O2S/c19-13-5-4-11(10-14(13)20)12-2-1-3-15(23)17-16(12)21-18(25-17)22-6-8-24-9-7-22/h4-5,10,12H,1-3,6-9H2. The highest BCUT2D eigenvalue weighted by Crippen LogP contribution is 2.41. The van der Waals surface area contributed by atoms with Crippen molar-refractivity contribution >= 4 is 45.5 Å². The van der Waals surface area contributed by atoms with Crippen LogP contribution in [0.25, 0.3) is 0 Å². The Morgan fingerprint density at radius 3 is 2.76 bits per heavy atom. The number of hydrogen-bond acceptors (Lipinski definition) is 5. The summed E-state index contributed by atoms with van der Waals surface area (Å²) in [5.74, 6) is 0.289. The van der Waals surface area contributed by atoms with Crippen LogP contribution in [0.3, 0.4) is 0 Å². The second-order valence-corrected chi connectivity index (χ2v) is 8.14. The third-order valence-corrected chi connectivity index (χ3v) is 6.66. The Balaban J connectivity index is 1.74. The van der Waals surface area contributed by atoms with E-state index < -0.39 is 0 Å². The van der Waals surface area contributed by atoms with Crippen molar-refractivity contribution in [3.8, 4) is 0 Å². The van der Waals surface area contributed by atoms with Crippen LogP contribution in [-0.2, 0) is 4.74 Å². The topological polar surface area (TPSA) is 42.4 Å². The summed E-state index contributed by atoms with van der Waals surface area (Å²) in [5.41, 5.74) is 1.97. The van der Waals surface area contributed by atoms with Gasteiger partial charge in [-0.1, -0.05) is 40.6 Å². The number of hydrogen-bond donors (Lipinski definition) is 0. The van der Waals surface area contributed by atoms with Gasteiger partial charge in [0.25, 0.3) is 0 Å². The summed E-state index contributed by atoms with van der Waals surface area (Å²) >= 11 is 13.8. The van der Waals surface area contributed by atoms with E-state index in [1.54, 1.807) is 0 Å². The summed E-state index contributed by atoms with van der Waals surface area (Å²) in [6, 6.07) is 5.72. The fourth-order valence-electron chi connectivity index (χ4n) is 3.42. The number of halogens is 2. The van der Waals surface area contributed by atoms with Gasteiger partial charge in [0, 0.05) is 25.4 Å². The van der Waals surface area contributed by atoms with Gasteiger partial charge in [-0.25, -0.2) is 4.98 Å². The number of thiazole rings is 1. The van der Waals surface area contributed by atoms with Crippen molar-refractivity contribution in [3.63, 3.8) is 0 Å². The molecule has 4 nitrogen and oxygen atoms in total. The molecule has 1 aliphatic heterocycles. The monoisotopic (exact) mass is 396 g/mol. The molecule has 0 amide bonds. The first-order valence-electron chi connectivity index (χ1n) is 8.45. The normalized spacial score (nSPS) is 21.1. The third-order valence-electron chi connectivity index (χ3n) is 4.75. The number of fused-ring (bicyclic) bond motifs is 1. The highest BCUT2D eigenvalue weighted by Gasteiger charge is 2.30. The molecule has 7 heteroatoms. The average Bonchev–Trinajstić information content (AvgIpc) is 3.01. The van der Waals surface area contributed by atoms with Gasteiger partial charge in [-0.2, -0.15) is 0 Å². The molecule has 2 aromatic rings. The number of benzene rings is 1. The summed E-state index contributed by atoms with van der Waals surface area (Å²) in [5, 5.41) is 2.01. The van der Waals surface area contributed by atoms with Crippen LogP contribution < -0.4 is 4.90 Å². The van der Waals surface area contributed by atoms with Crippen molar-refractivity contribution in [3.05, 3.63) is 44.4 Å². The van der Waals surface area contributed by atoms with Crippen molar-refractivity contribution in [2.45, 2.75) is 25.2 Å². The average molecular weight is 397 g/mol. The number of carbonyl (C=O) groups excluding carboxylic acids is 1. The summed E-state index contributed by atoms with van der Waals surface area (Å²) in [6.07, 6.45) is 2.33. The van der Waals surface area contributed by atoms with E-state index in [0.717, 1.165) is 47.2 Å². The number of Topliss-reactive ketones (excluding diaryl/α,β-unsaturated/α-hetero) is 1. The van der Waals surface area contributed by atoms with Gasteiger partial charge in [0.05, 0.1) is 33.8 Å². The lowest BCUT2D eigenvalue weighted by Crippen LogP contribution is -2.36. The first-order chi connectivity index (χ1) is 12.1. The predicted molar refractivity (Wildman–Crippen MR) is 102 cm³/mol. The lowest BCUT2D eigenvalue weighted by Gasteiger charge is -2.26. The maximum Gasteiger partial charge on any atom is 0.186 e. The van der Waals surface area contributed by atoms with E-state index in [1.165, 1.54) is 11.3 Å². The molecule has 1 fully saturated rings. The second kappa shape index (κ2) is 7.23. The molecule has 0 spiro atoms. The molecule has 0 N–H and O–H groups in total. The highest BCUT2D eigenvalue weighted by atomic mass is 35.5. The second-order valence-electron chi connectivity index (χ2n) is 6.35. The lowest BCUT2D eigenvalue weighted by atomic mass is 9.92. The molecule has 1 saturated heterocycles. The molecule has 25 heavy (non-hydrogen) atoms. The number of morpholine rings is 1. The number of nitrogens with zero attached hydrogens (tertiary/aromatic N) is 2. The Morgan fingerprint density at radius 2 is 2.00 bits per heavy atom. The molecule has 2 aliphatic rings. The van der Waals surface area contributed by atoms with Crippen LogP contribution in [-0.4, -0.2) is 37.1 Å². The van der Waals surface area contributed by atoms with E-state index in [2.05, 4.69) is 4.90 Å². The zero-order chi connectivity index (χ0) is 17.4. The number of carbonyl (C=O) groups is 1. The van der Waals surface area contributed by atoms with Gasteiger partial charge in [-0.05, 0) is 30.5 Å². The maximum absolute atomic E-state index is 12.6. The van der Waals surface area contributed by atoms with E-state index in [0.29, 0.717) is 29.7 Å². The number of aromatic nitrogens is 1. The Kier molecular flexibility index (Phi) is 5.00. The van der Waals surface area contributed by atoms with Crippen molar-refractivity contribution < 1.29 is 9.53 Å². The minimum absolute atomic E-state index is 0.0854. The molecule has 1 aliphatic carbocycles. The summed E-state index contributed by atoms with van der Waals surface area (Å²) in [6.45, 7) is 3.04. The molecule has 132 valence electrons.